The molecule has 4 rings (SSSR count). The monoisotopic (exact) mass is 425 g/mol. The molecule has 0 aliphatic carbocycles. The summed E-state index contributed by atoms with van der Waals surface area (Å²) in [5, 5.41) is 11.8. The highest BCUT2D eigenvalue weighted by atomic mass is 32.2. The van der Waals surface area contributed by atoms with Crippen LogP contribution in [0.1, 0.15) is 30.2 Å². The maximum atomic E-state index is 12.8. The normalized spacial score (nSPS) is 14.7. The molecule has 0 bridgehead atoms. The van der Waals surface area contributed by atoms with E-state index in [2.05, 4.69) is 20.3 Å². The molecule has 2 aromatic heterocycles. The quantitative estimate of drug-likeness (QED) is 0.553. The average Bonchev–Trinajstić information content (AvgIpc) is 3.42. The molecule has 0 unspecified atom stereocenters. The SMILES string of the molecule is O=C1CCCN1Cc1nnc(SCc2nc(-c3cccc(C(F)(F)F)c3)no2)o1. The number of carbonyl (C=O) groups excluding carboxylic acids is 1. The van der Waals surface area contributed by atoms with Gasteiger partial charge in [-0.2, -0.15) is 18.2 Å². The van der Waals surface area contributed by atoms with Gasteiger partial charge in [0, 0.05) is 18.5 Å². The second-order valence-corrected chi connectivity index (χ2v) is 7.19. The van der Waals surface area contributed by atoms with Gasteiger partial charge in [0.05, 0.1) is 17.9 Å². The van der Waals surface area contributed by atoms with E-state index < -0.39 is 11.7 Å². The van der Waals surface area contributed by atoms with E-state index in [9.17, 15) is 18.0 Å². The summed E-state index contributed by atoms with van der Waals surface area (Å²) in [7, 11) is 0. The molecular formula is C17H14F3N5O3S. The van der Waals surface area contributed by atoms with Crippen LogP contribution in [0, 0.1) is 0 Å². The van der Waals surface area contributed by atoms with Gasteiger partial charge in [-0.05, 0) is 18.6 Å². The Labute approximate surface area is 166 Å². The van der Waals surface area contributed by atoms with Crippen LogP contribution < -0.4 is 0 Å². The van der Waals surface area contributed by atoms with Crippen molar-refractivity contribution in [2.75, 3.05) is 6.54 Å². The molecule has 0 N–H and O–H groups in total. The number of halogens is 3. The minimum atomic E-state index is -4.45. The fourth-order valence-corrected chi connectivity index (χ4v) is 3.40. The highest BCUT2D eigenvalue weighted by Crippen LogP contribution is 2.31. The summed E-state index contributed by atoms with van der Waals surface area (Å²) in [5.41, 5.74) is -0.583. The van der Waals surface area contributed by atoms with E-state index in [1.54, 1.807) is 4.90 Å². The Hall–Kier alpha value is -2.89. The van der Waals surface area contributed by atoms with Crippen LogP contribution in [0.15, 0.2) is 38.4 Å². The molecule has 0 atom stereocenters. The minimum absolute atomic E-state index is 0.0605. The first-order valence-corrected chi connectivity index (χ1v) is 9.60. The fraction of sp³-hybridized carbons (Fsp3) is 0.353. The van der Waals surface area contributed by atoms with Crippen molar-refractivity contribution in [3.63, 3.8) is 0 Å². The summed E-state index contributed by atoms with van der Waals surface area (Å²) < 4.78 is 49.1. The van der Waals surface area contributed by atoms with Crippen LogP contribution in [-0.4, -0.2) is 37.7 Å². The number of carbonyl (C=O) groups is 1. The standard InChI is InChI=1S/C17H14F3N5O3S/c18-17(19,20)11-4-1-3-10(7-11)15-21-13(28-24-15)9-29-16-23-22-12(27-16)8-25-6-2-5-14(25)26/h1,3-4,7H,2,5-6,8-9H2. The highest BCUT2D eigenvalue weighted by Gasteiger charge is 2.30. The Morgan fingerprint density at radius 2 is 2.07 bits per heavy atom. The summed E-state index contributed by atoms with van der Waals surface area (Å²) in [6, 6.07) is 4.70. The largest absolute Gasteiger partial charge is 0.416 e. The molecule has 0 radical (unpaired) electrons. The van der Waals surface area contributed by atoms with Crippen molar-refractivity contribution >= 4 is 17.7 Å². The summed E-state index contributed by atoms with van der Waals surface area (Å²) in [4.78, 5) is 17.4. The zero-order valence-corrected chi connectivity index (χ0v) is 15.7. The van der Waals surface area contributed by atoms with E-state index in [-0.39, 0.29) is 40.7 Å². The number of amides is 1. The third-order valence-electron chi connectivity index (χ3n) is 4.18. The maximum absolute atomic E-state index is 12.8. The first kappa shape index (κ1) is 19.4. The Morgan fingerprint density at radius 1 is 1.21 bits per heavy atom. The molecule has 1 aliphatic rings. The number of nitrogens with zero attached hydrogens (tertiary/aromatic N) is 5. The zero-order chi connectivity index (χ0) is 20.4. The van der Waals surface area contributed by atoms with Gasteiger partial charge in [0.1, 0.15) is 0 Å². The molecule has 1 aromatic carbocycles. The molecule has 3 heterocycles. The summed E-state index contributed by atoms with van der Waals surface area (Å²) in [5.74, 6) is 0.863. The van der Waals surface area contributed by atoms with Crippen LogP contribution >= 0.6 is 11.8 Å². The lowest BCUT2D eigenvalue weighted by molar-refractivity contribution is -0.137. The lowest BCUT2D eigenvalue weighted by atomic mass is 10.1. The van der Waals surface area contributed by atoms with Gasteiger partial charge in [-0.3, -0.25) is 4.79 Å². The zero-order valence-electron chi connectivity index (χ0n) is 14.8. The van der Waals surface area contributed by atoms with Crippen LogP contribution in [0.5, 0.6) is 0 Å². The molecule has 3 aromatic rings. The van der Waals surface area contributed by atoms with Gasteiger partial charge in [0.15, 0.2) is 0 Å². The number of rotatable bonds is 6. The van der Waals surface area contributed by atoms with E-state index in [1.807, 2.05) is 0 Å². The first-order valence-electron chi connectivity index (χ1n) is 8.61. The van der Waals surface area contributed by atoms with E-state index in [0.29, 0.717) is 18.9 Å². The van der Waals surface area contributed by atoms with E-state index >= 15 is 0 Å². The first-order chi connectivity index (χ1) is 13.9. The lowest BCUT2D eigenvalue weighted by Crippen LogP contribution is -2.23. The molecule has 0 saturated carbocycles. The maximum Gasteiger partial charge on any atom is 0.416 e. The molecule has 1 aliphatic heterocycles. The third-order valence-corrected chi connectivity index (χ3v) is 4.98. The van der Waals surface area contributed by atoms with E-state index in [4.69, 9.17) is 8.94 Å². The molecule has 29 heavy (non-hydrogen) atoms. The van der Waals surface area contributed by atoms with Gasteiger partial charge in [0.25, 0.3) is 5.22 Å². The minimum Gasteiger partial charge on any atom is -0.414 e. The highest BCUT2D eigenvalue weighted by molar-refractivity contribution is 7.98. The Morgan fingerprint density at radius 3 is 2.83 bits per heavy atom. The van der Waals surface area contributed by atoms with Crippen LogP contribution in [-0.2, 0) is 23.3 Å². The molecule has 152 valence electrons. The van der Waals surface area contributed by atoms with Crippen molar-refractivity contribution in [2.45, 2.75) is 36.5 Å². The number of benzene rings is 1. The van der Waals surface area contributed by atoms with Crippen molar-refractivity contribution in [2.24, 2.45) is 0 Å². The number of hydrogen-bond donors (Lipinski definition) is 0. The van der Waals surface area contributed by atoms with Crippen LogP contribution in [0.2, 0.25) is 0 Å². The van der Waals surface area contributed by atoms with Crippen molar-refractivity contribution in [3.8, 4) is 11.4 Å². The molecule has 1 saturated heterocycles. The van der Waals surface area contributed by atoms with Crippen LogP contribution in [0.25, 0.3) is 11.4 Å². The third kappa shape index (κ3) is 4.58. The van der Waals surface area contributed by atoms with Gasteiger partial charge < -0.3 is 13.8 Å². The second kappa shape index (κ2) is 7.85. The second-order valence-electron chi connectivity index (χ2n) is 6.26. The summed E-state index contributed by atoms with van der Waals surface area (Å²) in [6.45, 7) is 0.941. The number of likely N-dealkylation sites (tertiary alicyclic amines) is 1. The Balaban J connectivity index is 1.37. The molecule has 1 fully saturated rings. The van der Waals surface area contributed by atoms with Crippen molar-refractivity contribution < 1.29 is 26.9 Å². The van der Waals surface area contributed by atoms with Gasteiger partial charge in [0.2, 0.25) is 23.5 Å². The van der Waals surface area contributed by atoms with E-state index in [1.165, 1.54) is 12.1 Å². The molecule has 12 heteroatoms. The number of thioether (sulfide) groups is 1. The number of hydrogen-bond acceptors (Lipinski definition) is 8. The average molecular weight is 425 g/mol. The van der Waals surface area contributed by atoms with Crippen LogP contribution in [0.3, 0.4) is 0 Å². The van der Waals surface area contributed by atoms with E-state index in [0.717, 1.165) is 30.3 Å². The molecular weight excluding hydrogens is 411 g/mol. The van der Waals surface area contributed by atoms with Crippen molar-refractivity contribution in [1.82, 2.24) is 25.2 Å². The smallest absolute Gasteiger partial charge is 0.414 e. The Bertz CT molecular complexity index is 1020. The van der Waals surface area contributed by atoms with Crippen molar-refractivity contribution in [3.05, 3.63) is 41.6 Å². The predicted octanol–water partition coefficient (Wildman–Crippen LogP) is 3.55. The van der Waals surface area contributed by atoms with Crippen LogP contribution in [0.4, 0.5) is 13.2 Å². The fourth-order valence-electron chi connectivity index (χ4n) is 2.78. The topological polar surface area (TPSA) is 98.2 Å². The molecule has 0 spiro atoms. The van der Waals surface area contributed by atoms with Crippen molar-refractivity contribution in [1.29, 1.82) is 0 Å². The Kier molecular flexibility index (Phi) is 5.26. The number of alkyl halides is 3. The van der Waals surface area contributed by atoms with Gasteiger partial charge in [-0.15, -0.1) is 10.2 Å². The molecule has 8 nitrogen and oxygen atoms in total. The lowest BCUT2D eigenvalue weighted by Gasteiger charge is -2.11. The van der Waals surface area contributed by atoms with Gasteiger partial charge in [-0.1, -0.05) is 29.1 Å². The molecule has 1 amide bonds. The van der Waals surface area contributed by atoms with Gasteiger partial charge in [-0.25, -0.2) is 0 Å². The van der Waals surface area contributed by atoms with Gasteiger partial charge >= 0.3 is 6.18 Å². The predicted molar refractivity (Wildman–Crippen MR) is 93.2 cm³/mol. The summed E-state index contributed by atoms with van der Waals surface area (Å²) >= 11 is 1.15. The number of aromatic nitrogens is 4. The summed E-state index contributed by atoms with van der Waals surface area (Å²) in [6.07, 6.45) is -3.10.